The summed E-state index contributed by atoms with van der Waals surface area (Å²) in [5.74, 6) is -1.13. The van der Waals surface area contributed by atoms with Gasteiger partial charge in [-0.3, -0.25) is 0 Å². The first-order chi connectivity index (χ1) is 6.93. The van der Waals surface area contributed by atoms with Crippen LogP contribution < -0.4 is 0 Å². The second-order valence-electron chi connectivity index (χ2n) is 3.32. The van der Waals surface area contributed by atoms with Crippen molar-refractivity contribution in [2.75, 3.05) is 0 Å². The van der Waals surface area contributed by atoms with Crippen molar-refractivity contribution in [1.82, 2.24) is 0 Å². The van der Waals surface area contributed by atoms with Crippen LogP contribution >= 0.6 is 0 Å². The molecule has 2 rings (SSSR count). The van der Waals surface area contributed by atoms with Gasteiger partial charge in [-0.05, 0) is 30.7 Å². The Kier molecular flexibility index (Phi) is 1.94. The van der Waals surface area contributed by atoms with Crippen molar-refractivity contribution in [3.05, 3.63) is 34.2 Å². The van der Waals surface area contributed by atoms with Crippen LogP contribution in [0.25, 0.3) is 6.08 Å². The van der Waals surface area contributed by atoms with E-state index in [1.54, 1.807) is 0 Å². The fraction of sp³-hybridized carbons (Fsp3) is 0.100. The number of benzene rings is 1. The molecule has 0 aromatic heterocycles. The molecular weight excluding hydrogens is 216 g/mol. The summed E-state index contributed by atoms with van der Waals surface area (Å²) in [4.78, 5) is 11.0. The minimum Gasteiger partial charge on any atom is -0.478 e. The predicted molar refractivity (Wildman–Crippen MR) is 54.2 cm³/mol. The average molecular weight is 224 g/mol. The molecule has 1 aromatic rings. The van der Waals surface area contributed by atoms with Crippen molar-refractivity contribution in [2.45, 2.75) is 11.8 Å². The number of sulfone groups is 1. The van der Waals surface area contributed by atoms with E-state index in [1.165, 1.54) is 31.2 Å². The van der Waals surface area contributed by atoms with Crippen molar-refractivity contribution in [3.8, 4) is 0 Å². The van der Waals surface area contributed by atoms with E-state index in [1.807, 2.05) is 0 Å². The van der Waals surface area contributed by atoms with Crippen LogP contribution in [0.5, 0.6) is 0 Å². The molecule has 0 bridgehead atoms. The lowest BCUT2D eigenvalue weighted by atomic mass is 10.1. The van der Waals surface area contributed by atoms with Crippen molar-refractivity contribution in [2.24, 2.45) is 0 Å². The quantitative estimate of drug-likeness (QED) is 0.785. The summed E-state index contributed by atoms with van der Waals surface area (Å²) in [6.45, 7) is 1.50. The zero-order valence-electron chi connectivity index (χ0n) is 7.89. The largest absolute Gasteiger partial charge is 0.478 e. The van der Waals surface area contributed by atoms with Crippen LogP contribution in [0.3, 0.4) is 0 Å². The molecule has 1 aliphatic heterocycles. The van der Waals surface area contributed by atoms with Crippen LogP contribution in [0, 0.1) is 0 Å². The molecule has 1 N–H and O–H groups in total. The Morgan fingerprint density at radius 2 is 2.00 bits per heavy atom. The summed E-state index contributed by atoms with van der Waals surface area (Å²) in [7, 11) is -3.44. The summed E-state index contributed by atoms with van der Waals surface area (Å²) >= 11 is 0. The highest BCUT2D eigenvalue weighted by Crippen LogP contribution is 2.32. The Morgan fingerprint density at radius 1 is 1.33 bits per heavy atom. The number of carboxylic acids is 1. The first-order valence-corrected chi connectivity index (χ1v) is 5.72. The van der Waals surface area contributed by atoms with Crippen LogP contribution in [0.2, 0.25) is 0 Å². The number of carbonyl (C=O) groups is 1. The lowest BCUT2D eigenvalue weighted by Crippen LogP contribution is -2.02. The van der Waals surface area contributed by atoms with Gasteiger partial charge in [-0.1, -0.05) is 6.07 Å². The molecule has 5 heteroatoms. The Labute approximate surface area is 86.8 Å². The van der Waals surface area contributed by atoms with Crippen molar-refractivity contribution in [1.29, 1.82) is 0 Å². The van der Waals surface area contributed by atoms with Gasteiger partial charge in [-0.15, -0.1) is 0 Å². The van der Waals surface area contributed by atoms with Crippen LogP contribution in [0.15, 0.2) is 28.0 Å². The lowest BCUT2D eigenvalue weighted by Gasteiger charge is -2.01. The van der Waals surface area contributed by atoms with Crippen molar-refractivity contribution < 1.29 is 18.3 Å². The van der Waals surface area contributed by atoms with Gasteiger partial charge in [-0.2, -0.15) is 0 Å². The van der Waals surface area contributed by atoms with E-state index in [-0.39, 0.29) is 15.4 Å². The highest BCUT2D eigenvalue weighted by molar-refractivity contribution is 7.95. The van der Waals surface area contributed by atoms with Crippen LogP contribution in [0.1, 0.15) is 22.8 Å². The fourth-order valence-electron chi connectivity index (χ4n) is 1.49. The number of hydrogen-bond donors (Lipinski definition) is 1. The normalized spacial score (nSPS) is 17.0. The zero-order valence-corrected chi connectivity index (χ0v) is 8.71. The molecular formula is C10H8O4S. The highest BCUT2D eigenvalue weighted by Gasteiger charge is 2.27. The van der Waals surface area contributed by atoms with Gasteiger partial charge >= 0.3 is 5.97 Å². The monoisotopic (exact) mass is 224 g/mol. The molecule has 0 radical (unpaired) electrons. The van der Waals surface area contributed by atoms with Gasteiger partial charge in [0.2, 0.25) is 9.84 Å². The molecule has 0 atom stereocenters. The number of allylic oxidation sites excluding steroid dienone is 1. The highest BCUT2D eigenvalue weighted by atomic mass is 32.2. The maximum atomic E-state index is 11.7. The Balaban J connectivity index is 2.71. The smallest absolute Gasteiger partial charge is 0.335 e. The van der Waals surface area contributed by atoms with E-state index in [2.05, 4.69) is 0 Å². The van der Waals surface area contributed by atoms with E-state index in [9.17, 15) is 13.2 Å². The van der Waals surface area contributed by atoms with Gasteiger partial charge in [0.1, 0.15) is 0 Å². The molecule has 0 saturated heterocycles. The molecule has 78 valence electrons. The van der Waals surface area contributed by atoms with E-state index in [0.717, 1.165) is 0 Å². The number of carboxylic acid groups (broad SMARTS) is 1. The van der Waals surface area contributed by atoms with Crippen molar-refractivity contribution in [3.63, 3.8) is 0 Å². The molecule has 1 aromatic carbocycles. The van der Waals surface area contributed by atoms with Gasteiger partial charge in [0.05, 0.1) is 10.5 Å². The lowest BCUT2D eigenvalue weighted by molar-refractivity contribution is 0.0696. The third-order valence-corrected chi connectivity index (χ3v) is 4.23. The molecule has 0 unspecified atom stereocenters. The molecule has 1 heterocycles. The summed E-state index contributed by atoms with van der Waals surface area (Å²) in [6.07, 6.45) is 1.54. The van der Waals surface area contributed by atoms with Crippen molar-refractivity contribution >= 4 is 21.9 Å². The molecule has 0 amide bonds. The third-order valence-electron chi connectivity index (χ3n) is 2.33. The SMILES string of the molecule is CC1=Cc2ccc(C(=O)O)cc2S1(=O)=O. The maximum Gasteiger partial charge on any atom is 0.335 e. The number of rotatable bonds is 1. The predicted octanol–water partition coefficient (Wildman–Crippen LogP) is 1.53. The van der Waals surface area contributed by atoms with E-state index < -0.39 is 15.8 Å². The summed E-state index contributed by atoms with van der Waals surface area (Å²) in [5.41, 5.74) is 0.540. The number of fused-ring (bicyclic) bond motifs is 1. The van der Waals surface area contributed by atoms with Crippen LogP contribution in [0.4, 0.5) is 0 Å². The average Bonchev–Trinajstić information content (AvgIpc) is 2.38. The molecule has 0 aliphatic carbocycles. The Bertz CT molecular complexity index is 581. The van der Waals surface area contributed by atoms with Gasteiger partial charge in [0.15, 0.2) is 0 Å². The van der Waals surface area contributed by atoms with E-state index in [4.69, 9.17) is 5.11 Å². The van der Waals surface area contributed by atoms with Crippen LogP contribution in [-0.4, -0.2) is 19.5 Å². The topological polar surface area (TPSA) is 71.4 Å². The Morgan fingerprint density at radius 3 is 2.60 bits per heavy atom. The summed E-state index contributed by atoms with van der Waals surface area (Å²) < 4.78 is 23.4. The first-order valence-electron chi connectivity index (χ1n) is 4.23. The maximum absolute atomic E-state index is 11.7. The van der Waals surface area contributed by atoms with Gasteiger partial charge < -0.3 is 5.11 Å². The van der Waals surface area contributed by atoms with Gasteiger partial charge in [-0.25, -0.2) is 13.2 Å². The molecule has 0 fully saturated rings. The minimum atomic E-state index is -3.44. The molecule has 0 saturated carbocycles. The standard InChI is InChI=1S/C10H8O4S/c1-6-4-7-2-3-8(10(11)12)5-9(7)15(6,13)14/h2-5H,1H3,(H,11,12). The molecule has 0 spiro atoms. The van der Waals surface area contributed by atoms with Crippen LogP contribution in [-0.2, 0) is 9.84 Å². The fourth-order valence-corrected chi connectivity index (χ4v) is 2.84. The third kappa shape index (κ3) is 1.35. The van der Waals surface area contributed by atoms with Gasteiger partial charge in [0, 0.05) is 4.91 Å². The second kappa shape index (κ2) is 2.93. The summed E-state index contributed by atoms with van der Waals surface area (Å²) in [6, 6.07) is 4.10. The first kappa shape index (κ1) is 9.92. The number of hydrogen-bond acceptors (Lipinski definition) is 3. The second-order valence-corrected chi connectivity index (χ2v) is 5.41. The number of aromatic carboxylic acids is 1. The van der Waals surface area contributed by atoms with E-state index in [0.29, 0.717) is 5.56 Å². The Hall–Kier alpha value is -1.62. The molecule has 4 nitrogen and oxygen atoms in total. The molecule has 15 heavy (non-hydrogen) atoms. The summed E-state index contributed by atoms with van der Waals surface area (Å²) in [5, 5.41) is 8.74. The minimum absolute atomic E-state index is 0.0135. The van der Waals surface area contributed by atoms with Gasteiger partial charge in [0.25, 0.3) is 0 Å². The van der Waals surface area contributed by atoms with E-state index >= 15 is 0 Å². The zero-order chi connectivity index (χ0) is 11.2. The molecule has 1 aliphatic rings.